The van der Waals surface area contributed by atoms with Crippen LogP contribution in [0.5, 0.6) is 11.6 Å². The van der Waals surface area contributed by atoms with Crippen molar-refractivity contribution in [2.45, 2.75) is 64.3 Å². The predicted molar refractivity (Wildman–Crippen MR) is 122 cm³/mol. The van der Waals surface area contributed by atoms with Gasteiger partial charge in [-0.05, 0) is 64.6 Å². The van der Waals surface area contributed by atoms with Gasteiger partial charge in [-0.2, -0.15) is 0 Å². The quantitative estimate of drug-likeness (QED) is 0.535. The van der Waals surface area contributed by atoms with Crippen LogP contribution < -0.4 is 9.47 Å². The number of likely N-dealkylation sites (tertiary alicyclic amines) is 1. The maximum Gasteiger partial charge on any atom is 0.214 e. The van der Waals surface area contributed by atoms with Gasteiger partial charge in [-0.15, -0.1) is 0 Å². The molecule has 1 aliphatic rings. The molecule has 0 atom stereocenters. The molecule has 4 rings (SSSR count). The van der Waals surface area contributed by atoms with Gasteiger partial charge in [0.15, 0.2) is 0 Å². The lowest BCUT2D eigenvalue weighted by Crippen LogP contribution is -2.60. The van der Waals surface area contributed by atoms with E-state index in [0.29, 0.717) is 12.5 Å². The lowest BCUT2D eigenvalue weighted by Gasteiger charge is -2.53. The fourth-order valence-electron chi connectivity index (χ4n) is 4.52. The highest BCUT2D eigenvalue weighted by atomic mass is 16.5. The van der Waals surface area contributed by atoms with Crippen LogP contribution in [0.25, 0.3) is 10.9 Å². The molecule has 2 heterocycles. The van der Waals surface area contributed by atoms with E-state index in [-0.39, 0.29) is 17.2 Å². The Morgan fingerprint density at radius 3 is 2.33 bits per heavy atom. The molecule has 3 aromatic rings. The molecule has 1 aliphatic heterocycles. The third-order valence-electron chi connectivity index (χ3n) is 6.44. The number of fused-ring (bicyclic) bond motifs is 1. The van der Waals surface area contributed by atoms with Crippen molar-refractivity contribution in [3.63, 3.8) is 0 Å². The van der Waals surface area contributed by atoms with Gasteiger partial charge in [0.25, 0.3) is 0 Å². The fourth-order valence-corrected chi connectivity index (χ4v) is 4.52. The third kappa shape index (κ3) is 4.44. The van der Waals surface area contributed by atoms with E-state index in [0.717, 1.165) is 35.1 Å². The maximum atomic E-state index is 6.35. The number of ether oxygens (including phenoxy) is 2. The van der Waals surface area contributed by atoms with E-state index < -0.39 is 0 Å². The summed E-state index contributed by atoms with van der Waals surface area (Å²) < 4.78 is 12.3. The van der Waals surface area contributed by atoms with Crippen LogP contribution >= 0.6 is 0 Å². The minimum absolute atomic E-state index is 0.0915. The first-order chi connectivity index (χ1) is 14.2. The van der Waals surface area contributed by atoms with Crippen LogP contribution in [-0.2, 0) is 6.61 Å². The highest BCUT2D eigenvalue weighted by Crippen LogP contribution is 2.38. The second-order valence-corrected chi connectivity index (χ2v) is 9.61. The van der Waals surface area contributed by atoms with Crippen molar-refractivity contribution in [2.75, 3.05) is 7.05 Å². The topological polar surface area (TPSA) is 34.6 Å². The smallest absolute Gasteiger partial charge is 0.214 e. The van der Waals surface area contributed by atoms with Gasteiger partial charge in [0.05, 0.1) is 5.52 Å². The molecule has 0 radical (unpaired) electrons. The van der Waals surface area contributed by atoms with Crippen LogP contribution in [0.4, 0.5) is 0 Å². The van der Waals surface area contributed by atoms with Gasteiger partial charge < -0.3 is 9.47 Å². The van der Waals surface area contributed by atoms with Gasteiger partial charge in [-0.25, -0.2) is 4.98 Å². The van der Waals surface area contributed by atoms with Crippen LogP contribution in [0, 0.1) is 0 Å². The Labute approximate surface area is 179 Å². The Morgan fingerprint density at radius 2 is 1.63 bits per heavy atom. The molecule has 1 fully saturated rings. The first-order valence-corrected chi connectivity index (χ1v) is 10.7. The summed E-state index contributed by atoms with van der Waals surface area (Å²) in [5, 5.41) is 1.05. The maximum absolute atomic E-state index is 6.35. The summed E-state index contributed by atoms with van der Waals surface area (Å²) in [5.74, 6) is 1.54. The molecule has 1 aromatic heterocycles. The third-order valence-corrected chi connectivity index (χ3v) is 6.44. The first kappa shape index (κ1) is 20.7. The standard InChI is InChI=1S/C26H32N2O2/c1-25(2)16-22(17-26(3,4)28(25)5)30-24-14-11-20-15-21(12-13-23(20)27-24)29-18-19-9-7-6-8-10-19/h6-15,22H,16-18H2,1-5H3. The molecule has 0 bridgehead atoms. The SMILES string of the molecule is CN1C(C)(C)CC(Oc2ccc3cc(OCc4ccccc4)ccc3n2)CC1(C)C. The van der Waals surface area contributed by atoms with Gasteiger partial charge in [-0.1, -0.05) is 30.3 Å². The molecular formula is C26H32N2O2. The number of piperidine rings is 1. The predicted octanol–water partition coefficient (Wildman–Crippen LogP) is 5.84. The van der Waals surface area contributed by atoms with Crippen LogP contribution in [0.2, 0.25) is 0 Å². The van der Waals surface area contributed by atoms with Gasteiger partial charge in [0.1, 0.15) is 18.5 Å². The average Bonchev–Trinajstić information content (AvgIpc) is 2.71. The van der Waals surface area contributed by atoms with Crippen molar-refractivity contribution in [1.29, 1.82) is 0 Å². The number of aromatic nitrogens is 1. The molecule has 0 saturated carbocycles. The lowest BCUT2D eigenvalue weighted by molar-refractivity contribution is -0.0566. The molecule has 0 amide bonds. The van der Waals surface area contributed by atoms with E-state index in [2.05, 4.69) is 57.8 Å². The fraction of sp³-hybridized carbons (Fsp3) is 0.423. The normalized spacial score (nSPS) is 19.0. The highest BCUT2D eigenvalue weighted by Gasteiger charge is 2.44. The van der Waals surface area contributed by atoms with Crippen molar-refractivity contribution in [3.8, 4) is 11.6 Å². The number of rotatable bonds is 5. The molecule has 0 spiro atoms. The van der Waals surface area contributed by atoms with E-state index in [1.54, 1.807) is 0 Å². The summed E-state index contributed by atoms with van der Waals surface area (Å²) in [4.78, 5) is 7.21. The molecule has 1 saturated heterocycles. The highest BCUT2D eigenvalue weighted by molar-refractivity contribution is 5.80. The second kappa shape index (κ2) is 7.92. The van der Waals surface area contributed by atoms with Crippen molar-refractivity contribution in [1.82, 2.24) is 9.88 Å². The van der Waals surface area contributed by atoms with Crippen molar-refractivity contribution in [2.24, 2.45) is 0 Å². The summed E-state index contributed by atoms with van der Waals surface area (Å²) in [5.41, 5.74) is 2.26. The number of hydrogen-bond acceptors (Lipinski definition) is 4. The Hall–Kier alpha value is -2.59. The van der Waals surface area contributed by atoms with E-state index in [4.69, 9.17) is 14.5 Å². The van der Waals surface area contributed by atoms with Crippen molar-refractivity contribution in [3.05, 3.63) is 66.2 Å². The molecule has 0 N–H and O–H groups in total. The van der Waals surface area contributed by atoms with Gasteiger partial charge >= 0.3 is 0 Å². The minimum Gasteiger partial charge on any atom is -0.489 e. The summed E-state index contributed by atoms with van der Waals surface area (Å²) >= 11 is 0. The Kier molecular flexibility index (Phi) is 5.46. The average molecular weight is 405 g/mol. The zero-order valence-corrected chi connectivity index (χ0v) is 18.7. The van der Waals surface area contributed by atoms with Crippen molar-refractivity contribution >= 4 is 10.9 Å². The molecule has 2 aromatic carbocycles. The van der Waals surface area contributed by atoms with Crippen LogP contribution in [0.3, 0.4) is 0 Å². The Balaban J connectivity index is 1.46. The molecule has 158 valence electrons. The molecular weight excluding hydrogens is 372 g/mol. The summed E-state index contributed by atoms with van der Waals surface area (Å²) in [6.07, 6.45) is 2.13. The largest absolute Gasteiger partial charge is 0.489 e. The lowest BCUT2D eigenvalue weighted by atomic mass is 9.79. The van der Waals surface area contributed by atoms with Crippen LogP contribution in [0.15, 0.2) is 60.7 Å². The number of benzene rings is 2. The van der Waals surface area contributed by atoms with Gasteiger partial charge in [0, 0.05) is 35.4 Å². The van der Waals surface area contributed by atoms with Gasteiger partial charge in [0.2, 0.25) is 5.88 Å². The summed E-state index contributed by atoms with van der Waals surface area (Å²) in [6, 6.07) is 20.3. The first-order valence-electron chi connectivity index (χ1n) is 10.7. The van der Waals surface area contributed by atoms with E-state index in [1.165, 1.54) is 0 Å². The number of nitrogens with zero attached hydrogens (tertiary/aromatic N) is 2. The Morgan fingerprint density at radius 1 is 0.933 bits per heavy atom. The van der Waals surface area contributed by atoms with Crippen molar-refractivity contribution < 1.29 is 9.47 Å². The van der Waals surface area contributed by atoms with Crippen LogP contribution in [0.1, 0.15) is 46.1 Å². The zero-order valence-electron chi connectivity index (χ0n) is 18.7. The van der Waals surface area contributed by atoms with E-state index in [1.807, 2.05) is 42.5 Å². The Bertz CT molecular complexity index is 996. The summed E-state index contributed by atoms with van der Waals surface area (Å²) in [7, 11) is 2.21. The molecule has 0 aliphatic carbocycles. The molecule has 30 heavy (non-hydrogen) atoms. The molecule has 4 nitrogen and oxygen atoms in total. The number of hydrogen-bond donors (Lipinski definition) is 0. The monoisotopic (exact) mass is 404 g/mol. The van der Waals surface area contributed by atoms with Gasteiger partial charge in [-0.3, -0.25) is 4.90 Å². The second-order valence-electron chi connectivity index (χ2n) is 9.61. The summed E-state index contributed by atoms with van der Waals surface area (Å²) in [6.45, 7) is 9.71. The van der Waals surface area contributed by atoms with E-state index in [9.17, 15) is 0 Å². The number of pyridine rings is 1. The minimum atomic E-state index is 0.0915. The van der Waals surface area contributed by atoms with Crippen LogP contribution in [-0.4, -0.2) is 34.1 Å². The molecule has 0 unspecified atom stereocenters. The zero-order chi connectivity index (χ0) is 21.4. The molecule has 4 heteroatoms. The van der Waals surface area contributed by atoms with E-state index >= 15 is 0 Å².